The number of amides is 1. The number of nitrogens with one attached hydrogen (secondary N) is 1. The van der Waals surface area contributed by atoms with Crippen molar-refractivity contribution in [1.29, 1.82) is 0 Å². The first-order valence-corrected chi connectivity index (χ1v) is 7.85. The maximum Gasteiger partial charge on any atom is 0.410 e. The summed E-state index contributed by atoms with van der Waals surface area (Å²) in [7, 11) is 0. The molecule has 0 aliphatic carbocycles. The van der Waals surface area contributed by atoms with Crippen LogP contribution in [-0.4, -0.2) is 67.3 Å². The van der Waals surface area contributed by atoms with Crippen LogP contribution in [0.4, 0.5) is 4.79 Å². The van der Waals surface area contributed by atoms with Gasteiger partial charge in [-0.05, 0) is 52.6 Å². The van der Waals surface area contributed by atoms with E-state index in [1.165, 1.54) is 19.4 Å². The number of carbonyl (C=O) groups is 1. The van der Waals surface area contributed by atoms with E-state index >= 15 is 0 Å². The molecule has 0 unspecified atom stereocenters. The summed E-state index contributed by atoms with van der Waals surface area (Å²) >= 11 is 0. The van der Waals surface area contributed by atoms with E-state index in [0.29, 0.717) is 0 Å². The Labute approximate surface area is 122 Å². The van der Waals surface area contributed by atoms with Gasteiger partial charge in [-0.3, -0.25) is 4.90 Å². The molecule has 2 aliphatic rings. The lowest BCUT2D eigenvalue weighted by molar-refractivity contribution is 0.0130. The molecule has 5 nitrogen and oxygen atoms in total. The van der Waals surface area contributed by atoms with E-state index in [-0.39, 0.29) is 6.09 Å². The fourth-order valence-electron chi connectivity index (χ4n) is 2.88. The highest BCUT2D eigenvalue weighted by atomic mass is 16.6. The second-order valence-corrected chi connectivity index (χ2v) is 6.98. The Hall–Kier alpha value is -0.810. The molecule has 116 valence electrons. The van der Waals surface area contributed by atoms with Gasteiger partial charge in [0.2, 0.25) is 0 Å². The zero-order valence-corrected chi connectivity index (χ0v) is 13.2. The summed E-state index contributed by atoms with van der Waals surface area (Å²) < 4.78 is 5.42. The lowest BCUT2D eigenvalue weighted by Crippen LogP contribution is -2.51. The predicted molar refractivity (Wildman–Crippen MR) is 79.8 cm³/mol. The molecule has 0 saturated carbocycles. The standard InChI is InChI=1S/C15H29N3O2/c1-15(2,3)20-14(19)18-9-7-17(8-10-18)12-13-5-4-6-16-11-13/h13,16H,4-12H2,1-3H3/t13-/m0/s1. The highest BCUT2D eigenvalue weighted by Gasteiger charge is 2.27. The number of nitrogens with zero attached hydrogens (tertiary/aromatic N) is 2. The summed E-state index contributed by atoms with van der Waals surface area (Å²) in [6, 6.07) is 0. The van der Waals surface area contributed by atoms with Gasteiger partial charge in [0, 0.05) is 32.7 Å². The fraction of sp³-hybridized carbons (Fsp3) is 0.933. The molecular formula is C15H29N3O2. The summed E-state index contributed by atoms with van der Waals surface area (Å²) in [5.74, 6) is 0.775. The lowest BCUT2D eigenvalue weighted by Gasteiger charge is -2.37. The zero-order valence-electron chi connectivity index (χ0n) is 13.2. The molecule has 0 bridgehead atoms. The van der Waals surface area contributed by atoms with Crippen molar-refractivity contribution >= 4 is 6.09 Å². The number of hydrogen-bond donors (Lipinski definition) is 1. The number of piperazine rings is 1. The van der Waals surface area contributed by atoms with E-state index in [0.717, 1.165) is 45.2 Å². The third kappa shape index (κ3) is 4.94. The van der Waals surface area contributed by atoms with Gasteiger partial charge in [-0.15, -0.1) is 0 Å². The summed E-state index contributed by atoms with van der Waals surface area (Å²) in [5.41, 5.74) is -0.401. The Morgan fingerprint density at radius 1 is 1.25 bits per heavy atom. The maximum absolute atomic E-state index is 12.0. The number of ether oxygens (including phenoxy) is 1. The minimum atomic E-state index is -0.401. The highest BCUT2D eigenvalue weighted by Crippen LogP contribution is 2.15. The fourth-order valence-corrected chi connectivity index (χ4v) is 2.88. The van der Waals surface area contributed by atoms with Gasteiger partial charge in [-0.2, -0.15) is 0 Å². The largest absolute Gasteiger partial charge is 0.444 e. The molecule has 1 N–H and O–H groups in total. The average molecular weight is 283 g/mol. The van der Waals surface area contributed by atoms with Crippen LogP contribution in [0.2, 0.25) is 0 Å². The molecule has 0 radical (unpaired) electrons. The van der Waals surface area contributed by atoms with Crippen molar-refractivity contribution in [3.8, 4) is 0 Å². The molecule has 0 aromatic carbocycles. The predicted octanol–water partition coefficient (Wildman–Crippen LogP) is 1.54. The van der Waals surface area contributed by atoms with Crippen molar-refractivity contribution < 1.29 is 9.53 Å². The summed E-state index contributed by atoms with van der Waals surface area (Å²) in [6.45, 7) is 12.7. The number of carbonyl (C=O) groups excluding carboxylic acids is 1. The Morgan fingerprint density at radius 2 is 1.95 bits per heavy atom. The Morgan fingerprint density at radius 3 is 2.50 bits per heavy atom. The van der Waals surface area contributed by atoms with Gasteiger partial charge >= 0.3 is 6.09 Å². The van der Waals surface area contributed by atoms with Crippen molar-refractivity contribution in [2.24, 2.45) is 5.92 Å². The van der Waals surface area contributed by atoms with Crippen molar-refractivity contribution in [2.75, 3.05) is 45.8 Å². The Kier molecular flexibility index (Phi) is 5.27. The van der Waals surface area contributed by atoms with Crippen LogP contribution in [0.5, 0.6) is 0 Å². The van der Waals surface area contributed by atoms with E-state index in [1.54, 1.807) is 0 Å². The first-order chi connectivity index (χ1) is 9.44. The second kappa shape index (κ2) is 6.76. The molecule has 0 spiro atoms. The van der Waals surface area contributed by atoms with Crippen LogP contribution in [0.25, 0.3) is 0 Å². The molecule has 2 heterocycles. The van der Waals surface area contributed by atoms with Crippen LogP contribution in [0, 0.1) is 5.92 Å². The van der Waals surface area contributed by atoms with Crippen LogP contribution in [0.3, 0.4) is 0 Å². The van der Waals surface area contributed by atoms with Gasteiger partial charge in [-0.1, -0.05) is 0 Å². The van der Waals surface area contributed by atoms with Crippen molar-refractivity contribution in [3.05, 3.63) is 0 Å². The van der Waals surface area contributed by atoms with Gasteiger partial charge in [-0.25, -0.2) is 4.79 Å². The normalized spacial score (nSPS) is 25.6. The first kappa shape index (κ1) is 15.6. The topological polar surface area (TPSA) is 44.8 Å². The SMILES string of the molecule is CC(C)(C)OC(=O)N1CCN(C[C@H]2CCCNC2)CC1. The van der Waals surface area contributed by atoms with Crippen molar-refractivity contribution in [2.45, 2.75) is 39.2 Å². The average Bonchev–Trinajstić information content (AvgIpc) is 2.39. The number of hydrogen-bond acceptors (Lipinski definition) is 4. The van der Waals surface area contributed by atoms with Crippen LogP contribution in [0.15, 0.2) is 0 Å². The summed E-state index contributed by atoms with van der Waals surface area (Å²) in [6.07, 6.45) is 2.46. The van der Waals surface area contributed by atoms with E-state index in [4.69, 9.17) is 4.74 Å². The molecule has 1 amide bonds. The molecule has 0 aromatic rings. The van der Waals surface area contributed by atoms with Crippen LogP contribution in [0.1, 0.15) is 33.6 Å². The van der Waals surface area contributed by atoms with Gasteiger partial charge in [0.15, 0.2) is 0 Å². The second-order valence-electron chi connectivity index (χ2n) is 6.98. The van der Waals surface area contributed by atoms with Crippen LogP contribution < -0.4 is 5.32 Å². The van der Waals surface area contributed by atoms with Crippen molar-refractivity contribution in [1.82, 2.24) is 15.1 Å². The van der Waals surface area contributed by atoms with E-state index in [2.05, 4.69) is 10.2 Å². The molecule has 2 aliphatic heterocycles. The molecule has 20 heavy (non-hydrogen) atoms. The molecule has 2 rings (SSSR count). The minimum absolute atomic E-state index is 0.170. The van der Waals surface area contributed by atoms with E-state index in [1.807, 2.05) is 25.7 Å². The van der Waals surface area contributed by atoms with Gasteiger partial charge in [0.25, 0.3) is 0 Å². The van der Waals surface area contributed by atoms with Gasteiger partial charge in [0.1, 0.15) is 5.60 Å². The highest BCUT2D eigenvalue weighted by molar-refractivity contribution is 5.68. The van der Waals surface area contributed by atoms with Crippen LogP contribution >= 0.6 is 0 Å². The number of piperidine rings is 1. The zero-order chi connectivity index (χ0) is 14.6. The third-order valence-corrected chi connectivity index (χ3v) is 3.94. The van der Waals surface area contributed by atoms with E-state index < -0.39 is 5.60 Å². The van der Waals surface area contributed by atoms with Gasteiger partial charge in [0.05, 0.1) is 0 Å². The smallest absolute Gasteiger partial charge is 0.410 e. The van der Waals surface area contributed by atoms with Crippen LogP contribution in [-0.2, 0) is 4.74 Å². The molecule has 1 atom stereocenters. The van der Waals surface area contributed by atoms with E-state index in [9.17, 15) is 4.79 Å². The summed E-state index contributed by atoms with van der Waals surface area (Å²) in [4.78, 5) is 16.3. The minimum Gasteiger partial charge on any atom is -0.444 e. The molecule has 0 aromatic heterocycles. The first-order valence-electron chi connectivity index (χ1n) is 7.85. The monoisotopic (exact) mass is 283 g/mol. The third-order valence-electron chi connectivity index (χ3n) is 3.94. The number of rotatable bonds is 2. The molecule has 2 fully saturated rings. The Balaban J connectivity index is 1.70. The Bertz CT molecular complexity index is 314. The van der Waals surface area contributed by atoms with Gasteiger partial charge < -0.3 is 15.0 Å². The molecule has 5 heteroatoms. The molecule has 2 saturated heterocycles. The molecular weight excluding hydrogens is 254 g/mol. The lowest BCUT2D eigenvalue weighted by atomic mass is 9.99. The quantitative estimate of drug-likeness (QED) is 0.835. The maximum atomic E-state index is 12.0. The summed E-state index contributed by atoms with van der Waals surface area (Å²) in [5, 5.41) is 3.47. The van der Waals surface area contributed by atoms with Crippen molar-refractivity contribution in [3.63, 3.8) is 0 Å².